The second-order valence-electron chi connectivity index (χ2n) is 4.83. The van der Waals surface area contributed by atoms with Crippen LogP contribution in [0.5, 0.6) is 0 Å². The van der Waals surface area contributed by atoms with Crippen LogP contribution in [0.3, 0.4) is 0 Å². The van der Waals surface area contributed by atoms with E-state index < -0.39 is 0 Å². The second kappa shape index (κ2) is 5.67. The van der Waals surface area contributed by atoms with Crippen molar-refractivity contribution >= 4 is 0 Å². The minimum absolute atomic E-state index is 0.00729. The Kier molecular flexibility index (Phi) is 4.22. The normalized spacial score (nSPS) is 32.0. The third kappa shape index (κ3) is 2.76. The predicted octanol–water partition coefficient (Wildman–Crippen LogP) is 1.01. The number of hydrogen-bond acceptors (Lipinski definition) is 3. The smallest absolute Gasteiger partial charge is 0.0961 e. The molecule has 2 aliphatic rings. The van der Waals surface area contributed by atoms with Gasteiger partial charge in [0.15, 0.2) is 0 Å². The van der Waals surface area contributed by atoms with Crippen LogP contribution in [0.2, 0.25) is 0 Å². The number of morpholine rings is 1. The third-order valence-corrected chi connectivity index (χ3v) is 3.67. The van der Waals surface area contributed by atoms with Gasteiger partial charge in [0.1, 0.15) is 0 Å². The molecule has 3 nitrogen and oxygen atoms in total. The van der Waals surface area contributed by atoms with Gasteiger partial charge in [-0.2, -0.15) is 0 Å². The van der Waals surface area contributed by atoms with Gasteiger partial charge in [0.25, 0.3) is 0 Å². The van der Waals surface area contributed by atoms with Crippen molar-refractivity contribution in [3.05, 3.63) is 0 Å². The monoisotopic (exact) mass is 223 g/mol. The first-order valence-electron chi connectivity index (χ1n) is 6.28. The van der Waals surface area contributed by atoms with Crippen molar-refractivity contribution in [2.45, 2.75) is 50.4 Å². The lowest BCUT2D eigenvalue weighted by Gasteiger charge is -2.37. The molecule has 0 amide bonds. The number of aliphatic hydroxyl groups is 1. The summed E-state index contributed by atoms with van der Waals surface area (Å²) in [6, 6.07) is 0.606. The molecule has 3 atom stereocenters. The van der Waals surface area contributed by atoms with Crippen molar-refractivity contribution in [3.8, 4) is 12.3 Å². The van der Waals surface area contributed by atoms with E-state index in [-0.39, 0.29) is 12.2 Å². The van der Waals surface area contributed by atoms with Gasteiger partial charge in [-0.1, -0.05) is 0 Å². The molecule has 0 spiro atoms. The lowest BCUT2D eigenvalue weighted by molar-refractivity contribution is -0.104. The second-order valence-corrected chi connectivity index (χ2v) is 4.83. The summed E-state index contributed by atoms with van der Waals surface area (Å²) in [5, 5.41) is 10.0. The fourth-order valence-electron chi connectivity index (χ4n) is 2.67. The van der Waals surface area contributed by atoms with Crippen molar-refractivity contribution in [1.29, 1.82) is 0 Å². The highest BCUT2D eigenvalue weighted by Crippen LogP contribution is 2.24. The molecule has 0 saturated carbocycles. The number of hydrogen-bond donors (Lipinski definition) is 1. The summed E-state index contributed by atoms with van der Waals surface area (Å²) in [6.07, 6.45) is 9.75. The largest absolute Gasteiger partial charge is 0.390 e. The van der Waals surface area contributed by atoms with E-state index in [2.05, 4.69) is 10.8 Å². The number of fused-ring (bicyclic) bond motifs is 1. The van der Waals surface area contributed by atoms with Crippen molar-refractivity contribution < 1.29 is 9.84 Å². The standard InChI is InChI=1S/C13H21NO2/c1-2-3-4-7-12(15)13-9-14-8-5-6-11(14)10-16-13/h1,11-13,15H,3-10H2. The van der Waals surface area contributed by atoms with Crippen LogP contribution in [0.1, 0.15) is 32.1 Å². The maximum atomic E-state index is 10.0. The van der Waals surface area contributed by atoms with Crippen LogP contribution >= 0.6 is 0 Å². The highest BCUT2D eigenvalue weighted by atomic mass is 16.5. The average Bonchev–Trinajstić information content (AvgIpc) is 2.76. The molecule has 0 aromatic rings. The van der Waals surface area contributed by atoms with Gasteiger partial charge in [0, 0.05) is 19.0 Å². The van der Waals surface area contributed by atoms with Gasteiger partial charge in [0.2, 0.25) is 0 Å². The Labute approximate surface area is 97.8 Å². The van der Waals surface area contributed by atoms with E-state index in [1.807, 2.05) is 0 Å². The van der Waals surface area contributed by atoms with E-state index in [4.69, 9.17) is 11.2 Å². The van der Waals surface area contributed by atoms with Gasteiger partial charge in [-0.15, -0.1) is 12.3 Å². The van der Waals surface area contributed by atoms with E-state index in [1.54, 1.807) is 0 Å². The van der Waals surface area contributed by atoms with Crippen molar-refractivity contribution in [3.63, 3.8) is 0 Å². The fourth-order valence-corrected chi connectivity index (χ4v) is 2.67. The zero-order valence-electron chi connectivity index (χ0n) is 9.77. The Balaban J connectivity index is 1.75. The molecule has 2 heterocycles. The number of rotatable bonds is 4. The Morgan fingerprint density at radius 3 is 3.25 bits per heavy atom. The molecule has 3 heteroatoms. The molecule has 2 saturated heterocycles. The Morgan fingerprint density at radius 1 is 1.56 bits per heavy atom. The fraction of sp³-hybridized carbons (Fsp3) is 0.846. The lowest BCUT2D eigenvalue weighted by atomic mass is 10.0. The number of aliphatic hydroxyl groups excluding tert-OH is 1. The van der Waals surface area contributed by atoms with Crippen LogP contribution in [0.25, 0.3) is 0 Å². The van der Waals surface area contributed by atoms with E-state index >= 15 is 0 Å². The van der Waals surface area contributed by atoms with Crippen molar-refractivity contribution in [2.75, 3.05) is 19.7 Å². The summed E-state index contributed by atoms with van der Waals surface area (Å²) in [4.78, 5) is 2.46. The predicted molar refractivity (Wildman–Crippen MR) is 63.0 cm³/mol. The first-order chi connectivity index (χ1) is 7.81. The van der Waals surface area contributed by atoms with E-state index in [0.717, 1.165) is 32.4 Å². The number of ether oxygens (including phenoxy) is 1. The van der Waals surface area contributed by atoms with Crippen LogP contribution < -0.4 is 0 Å². The molecular weight excluding hydrogens is 202 g/mol. The van der Waals surface area contributed by atoms with Crippen LogP contribution in [0, 0.1) is 12.3 Å². The topological polar surface area (TPSA) is 32.7 Å². The zero-order valence-corrected chi connectivity index (χ0v) is 9.77. The minimum atomic E-state index is -0.352. The van der Waals surface area contributed by atoms with Gasteiger partial charge in [0.05, 0.1) is 18.8 Å². The highest BCUT2D eigenvalue weighted by Gasteiger charge is 2.34. The van der Waals surface area contributed by atoms with Crippen molar-refractivity contribution in [1.82, 2.24) is 4.90 Å². The highest BCUT2D eigenvalue weighted by molar-refractivity contribution is 4.88. The summed E-state index contributed by atoms with van der Waals surface area (Å²) in [5.74, 6) is 2.60. The van der Waals surface area contributed by atoms with Crippen molar-refractivity contribution in [2.24, 2.45) is 0 Å². The molecule has 1 N–H and O–H groups in total. The maximum Gasteiger partial charge on any atom is 0.0961 e. The molecule has 2 fully saturated rings. The number of unbranched alkanes of at least 4 members (excludes halogenated alkanes) is 1. The molecule has 16 heavy (non-hydrogen) atoms. The quantitative estimate of drug-likeness (QED) is 0.570. The molecular formula is C13H21NO2. The van der Waals surface area contributed by atoms with Gasteiger partial charge < -0.3 is 9.84 Å². The molecule has 2 aliphatic heterocycles. The minimum Gasteiger partial charge on any atom is -0.390 e. The molecule has 0 radical (unpaired) electrons. The third-order valence-electron chi connectivity index (χ3n) is 3.67. The molecule has 90 valence electrons. The molecule has 0 aromatic carbocycles. The van der Waals surface area contributed by atoms with Crippen LogP contribution in [-0.2, 0) is 4.74 Å². The summed E-state index contributed by atoms with van der Waals surface area (Å²) in [5.41, 5.74) is 0. The lowest BCUT2D eigenvalue weighted by Crippen LogP contribution is -2.50. The van der Waals surface area contributed by atoms with Crippen LogP contribution in [-0.4, -0.2) is 48.0 Å². The van der Waals surface area contributed by atoms with E-state index in [1.165, 1.54) is 19.4 Å². The summed E-state index contributed by atoms with van der Waals surface area (Å²) >= 11 is 0. The van der Waals surface area contributed by atoms with Gasteiger partial charge in [-0.3, -0.25) is 4.90 Å². The first-order valence-corrected chi connectivity index (χ1v) is 6.28. The maximum absolute atomic E-state index is 10.0. The van der Waals surface area contributed by atoms with Gasteiger partial charge >= 0.3 is 0 Å². The zero-order chi connectivity index (χ0) is 11.4. The number of terminal acetylenes is 1. The molecule has 0 bridgehead atoms. The average molecular weight is 223 g/mol. The molecule has 2 rings (SSSR count). The Hall–Kier alpha value is -0.560. The van der Waals surface area contributed by atoms with E-state index in [9.17, 15) is 5.11 Å². The SMILES string of the molecule is C#CCCCC(O)C1CN2CCCC2CO1. The Morgan fingerprint density at radius 2 is 2.44 bits per heavy atom. The first kappa shape index (κ1) is 11.9. The number of nitrogens with zero attached hydrogens (tertiary/aromatic N) is 1. The molecule has 0 aliphatic carbocycles. The summed E-state index contributed by atoms with van der Waals surface area (Å²) in [6.45, 7) is 2.85. The molecule has 0 aromatic heterocycles. The van der Waals surface area contributed by atoms with Crippen LogP contribution in [0.4, 0.5) is 0 Å². The van der Waals surface area contributed by atoms with E-state index in [0.29, 0.717) is 6.04 Å². The summed E-state index contributed by atoms with van der Waals surface area (Å²) < 4.78 is 5.74. The molecule has 3 unspecified atom stereocenters. The summed E-state index contributed by atoms with van der Waals surface area (Å²) in [7, 11) is 0. The van der Waals surface area contributed by atoms with Gasteiger partial charge in [-0.25, -0.2) is 0 Å². The Bertz CT molecular complexity index is 261. The van der Waals surface area contributed by atoms with Gasteiger partial charge in [-0.05, 0) is 32.2 Å². The van der Waals surface area contributed by atoms with Crippen LogP contribution in [0.15, 0.2) is 0 Å².